The second-order valence-corrected chi connectivity index (χ2v) is 7.10. The van der Waals surface area contributed by atoms with E-state index in [2.05, 4.69) is 31.1 Å². The van der Waals surface area contributed by atoms with E-state index in [-0.39, 0.29) is 0 Å². The van der Waals surface area contributed by atoms with E-state index in [9.17, 15) is 0 Å². The van der Waals surface area contributed by atoms with Crippen LogP contribution in [0.15, 0.2) is 0 Å². The maximum atomic E-state index is 5.55. The normalized spacial score (nSPS) is 31.7. The lowest BCUT2D eigenvalue weighted by atomic mass is 9.79. The van der Waals surface area contributed by atoms with Crippen LogP contribution in [-0.4, -0.2) is 49.8 Å². The van der Waals surface area contributed by atoms with Gasteiger partial charge in [-0.25, -0.2) is 0 Å². The molecule has 2 fully saturated rings. The Bertz CT molecular complexity index is 278. The predicted octanol–water partition coefficient (Wildman–Crippen LogP) is 3.43. The predicted molar refractivity (Wildman–Crippen MR) is 89.7 cm³/mol. The van der Waals surface area contributed by atoms with Crippen molar-refractivity contribution in [2.45, 2.75) is 83.3 Å². The molecular weight excluding hydrogens is 260 g/mol. The maximum absolute atomic E-state index is 5.55. The molecule has 0 bridgehead atoms. The standard InChI is InChI=1S/C18H36N2O/c1-4-6-15-7-8-17(19-11-5-2)18(14-15)20(3)16-9-12-21-13-10-16/h15-19H,4-14H2,1-3H3. The van der Waals surface area contributed by atoms with E-state index in [1.54, 1.807) is 0 Å². The minimum Gasteiger partial charge on any atom is -0.381 e. The van der Waals surface area contributed by atoms with Crippen LogP contribution in [0.25, 0.3) is 0 Å². The number of likely N-dealkylation sites (N-methyl/N-ethyl adjacent to an activating group) is 1. The van der Waals surface area contributed by atoms with Gasteiger partial charge in [-0.05, 0) is 58.0 Å². The van der Waals surface area contributed by atoms with Gasteiger partial charge in [-0.2, -0.15) is 0 Å². The van der Waals surface area contributed by atoms with Crippen LogP contribution < -0.4 is 5.32 Å². The van der Waals surface area contributed by atoms with E-state index >= 15 is 0 Å². The molecule has 2 rings (SSSR count). The Hall–Kier alpha value is -0.120. The Kier molecular flexibility index (Phi) is 7.48. The van der Waals surface area contributed by atoms with Crippen LogP contribution >= 0.6 is 0 Å². The summed E-state index contributed by atoms with van der Waals surface area (Å²) in [6, 6.07) is 2.16. The SMILES string of the molecule is CCCNC1CCC(CCC)CC1N(C)C1CCOCC1. The molecule has 0 aromatic carbocycles. The summed E-state index contributed by atoms with van der Waals surface area (Å²) in [5.41, 5.74) is 0. The largest absolute Gasteiger partial charge is 0.381 e. The molecule has 1 N–H and O–H groups in total. The van der Waals surface area contributed by atoms with Crippen LogP contribution in [0.4, 0.5) is 0 Å². The topological polar surface area (TPSA) is 24.5 Å². The Morgan fingerprint density at radius 2 is 1.81 bits per heavy atom. The maximum Gasteiger partial charge on any atom is 0.0480 e. The summed E-state index contributed by atoms with van der Waals surface area (Å²) < 4.78 is 5.55. The molecule has 1 heterocycles. The summed E-state index contributed by atoms with van der Waals surface area (Å²) in [5, 5.41) is 3.83. The molecule has 1 aliphatic carbocycles. The quantitative estimate of drug-likeness (QED) is 0.779. The Morgan fingerprint density at radius 1 is 1.05 bits per heavy atom. The minimum absolute atomic E-state index is 0.700. The first-order valence-electron chi connectivity index (χ1n) is 9.29. The number of ether oxygens (including phenoxy) is 1. The second-order valence-electron chi connectivity index (χ2n) is 7.10. The lowest BCUT2D eigenvalue weighted by Gasteiger charge is -2.45. The molecule has 0 amide bonds. The van der Waals surface area contributed by atoms with Crippen LogP contribution in [0, 0.1) is 5.92 Å². The molecule has 0 radical (unpaired) electrons. The van der Waals surface area contributed by atoms with Crippen molar-refractivity contribution in [3.05, 3.63) is 0 Å². The second kappa shape index (κ2) is 9.12. The van der Waals surface area contributed by atoms with E-state index < -0.39 is 0 Å². The van der Waals surface area contributed by atoms with Gasteiger partial charge in [0.1, 0.15) is 0 Å². The molecule has 3 unspecified atom stereocenters. The summed E-state index contributed by atoms with van der Waals surface area (Å²) in [7, 11) is 2.37. The molecule has 3 atom stereocenters. The average molecular weight is 296 g/mol. The van der Waals surface area contributed by atoms with Gasteiger partial charge in [0.2, 0.25) is 0 Å². The highest BCUT2D eigenvalue weighted by Crippen LogP contribution is 2.32. The van der Waals surface area contributed by atoms with Gasteiger partial charge < -0.3 is 10.1 Å². The van der Waals surface area contributed by atoms with Crippen molar-refractivity contribution in [1.82, 2.24) is 10.2 Å². The molecule has 124 valence electrons. The fourth-order valence-corrected chi connectivity index (χ4v) is 4.28. The number of nitrogens with zero attached hydrogens (tertiary/aromatic N) is 1. The van der Waals surface area contributed by atoms with Crippen molar-refractivity contribution in [1.29, 1.82) is 0 Å². The van der Waals surface area contributed by atoms with E-state index in [1.165, 1.54) is 57.9 Å². The average Bonchev–Trinajstić information content (AvgIpc) is 2.54. The number of hydrogen-bond acceptors (Lipinski definition) is 3. The van der Waals surface area contributed by atoms with Crippen LogP contribution in [0.3, 0.4) is 0 Å². The highest BCUT2D eigenvalue weighted by molar-refractivity contribution is 4.92. The minimum atomic E-state index is 0.700. The molecule has 0 aromatic heterocycles. The van der Waals surface area contributed by atoms with E-state index in [0.717, 1.165) is 31.2 Å². The summed E-state index contributed by atoms with van der Waals surface area (Å²) in [4.78, 5) is 2.71. The van der Waals surface area contributed by atoms with Crippen molar-refractivity contribution >= 4 is 0 Å². The zero-order chi connectivity index (χ0) is 15.1. The summed E-state index contributed by atoms with van der Waals surface area (Å²) in [6.45, 7) is 7.67. The first-order valence-corrected chi connectivity index (χ1v) is 9.29. The number of nitrogens with one attached hydrogen (secondary N) is 1. The molecule has 3 nitrogen and oxygen atoms in total. The van der Waals surface area contributed by atoms with Gasteiger partial charge in [0.25, 0.3) is 0 Å². The lowest BCUT2D eigenvalue weighted by molar-refractivity contribution is 0.00765. The van der Waals surface area contributed by atoms with Crippen LogP contribution in [0.1, 0.15) is 65.2 Å². The molecule has 1 saturated carbocycles. The molecular formula is C18H36N2O. The number of rotatable bonds is 7. The summed E-state index contributed by atoms with van der Waals surface area (Å²) in [5.74, 6) is 0.946. The fourth-order valence-electron chi connectivity index (χ4n) is 4.28. The zero-order valence-corrected chi connectivity index (χ0v) is 14.4. The van der Waals surface area contributed by atoms with Crippen molar-refractivity contribution < 1.29 is 4.74 Å². The van der Waals surface area contributed by atoms with Gasteiger partial charge in [-0.15, -0.1) is 0 Å². The van der Waals surface area contributed by atoms with E-state index in [4.69, 9.17) is 4.74 Å². The first kappa shape index (κ1) is 17.2. The third-order valence-corrected chi connectivity index (χ3v) is 5.57. The summed E-state index contributed by atoms with van der Waals surface area (Å²) >= 11 is 0. The number of hydrogen-bond donors (Lipinski definition) is 1. The molecule has 0 aromatic rings. The van der Waals surface area contributed by atoms with Crippen molar-refractivity contribution in [3.8, 4) is 0 Å². The molecule has 1 saturated heterocycles. The Labute approximate surface area is 131 Å². The van der Waals surface area contributed by atoms with Crippen molar-refractivity contribution in [3.63, 3.8) is 0 Å². The molecule has 1 aliphatic heterocycles. The highest BCUT2D eigenvalue weighted by atomic mass is 16.5. The van der Waals surface area contributed by atoms with Crippen LogP contribution in [0.2, 0.25) is 0 Å². The monoisotopic (exact) mass is 296 g/mol. The van der Waals surface area contributed by atoms with Gasteiger partial charge in [0.05, 0.1) is 0 Å². The first-order chi connectivity index (χ1) is 10.3. The van der Waals surface area contributed by atoms with Crippen LogP contribution in [-0.2, 0) is 4.74 Å². The van der Waals surface area contributed by atoms with Gasteiger partial charge in [-0.1, -0.05) is 26.7 Å². The van der Waals surface area contributed by atoms with Gasteiger partial charge in [-0.3, -0.25) is 4.90 Å². The van der Waals surface area contributed by atoms with Crippen LogP contribution in [0.5, 0.6) is 0 Å². The molecule has 3 heteroatoms. The van der Waals surface area contributed by atoms with Crippen molar-refractivity contribution in [2.24, 2.45) is 5.92 Å². The fraction of sp³-hybridized carbons (Fsp3) is 1.00. The smallest absolute Gasteiger partial charge is 0.0480 e. The van der Waals surface area contributed by atoms with Gasteiger partial charge >= 0.3 is 0 Å². The lowest BCUT2D eigenvalue weighted by Crippen LogP contribution is -2.55. The third kappa shape index (κ3) is 4.94. The molecule has 0 spiro atoms. The zero-order valence-electron chi connectivity index (χ0n) is 14.4. The third-order valence-electron chi connectivity index (χ3n) is 5.57. The van der Waals surface area contributed by atoms with Crippen molar-refractivity contribution in [2.75, 3.05) is 26.8 Å². The van der Waals surface area contributed by atoms with Gasteiger partial charge in [0.15, 0.2) is 0 Å². The highest BCUT2D eigenvalue weighted by Gasteiger charge is 2.35. The summed E-state index contributed by atoms with van der Waals surface area (Å²) in [6.07, 6.45) is 10.6. The Morgan fingerprint density at radius 3 is 2.48 bits per heavy atom. The molecule has 2 aliphatic rings. The Balaban J connectivity index is 1.96. The van der Waals surface area contributed by atoms with E-state index in [1.807, 2.05) is 0 Å². The van der Waals surface area contributed by atoms with Gasteiger partial charge in [0, 0.05) is 31.3 Å². The molecule has 21 heavy (non-hydrogen) atoms. The van der Waals surface area contributed by atoms with E-state index in [0.29, 0.717) is 6.04 Å².